The lowest BCUT2D eigenvalue weighted by Gasteiger charge is -2.35. The number of hydrogen-bond donors (Lipinski definition) is 1. The Hall–Kier alpha value is -3.29. The first-order chi connectivity index (χ1) is 13.6. The average molecular weight is 382 g/mol. The van der Waals surface area contributed by atoms with Gasteiger partial charge in [0.05, 0.1) is 0 Å². The fourth-order valence-corrected chi connectivity index (χ4v) is 3.16. The summed E-state index contributed by atoms with van der Waals surface area (Å²) in [5, 5.41) is 3.02. The maximum atomic E-state index is 13.4. The summed E-state index contributed by atoms with van der Waals surface area (Å²) in [6, 6.07) is 11.3. The average Bonchev–Trinajstić information content (AvgIpc) is 2.71. The van der Waals surface area contributed by atoms with Crippen molar-refractivity contribution in [3.8, 4) is 0 Å². The van der Waals surface area contributed by atoms with Gasteiger partial charge in [-0.15, -0.1) is 0 Å². The number of nitrogens with zero attached hydrogens (tertiary/aromatic N) is 5. The number of nitrogens with one attached hydrogen (secondary N) is 1. The maximum Gasteiger partial charge on any atom is 0.227 e. The van der Waals surface area contributed by atoms with Gasteiger partial charge in [-0.3, -0.25) is 0 Å². The van der Waals surface area contributed by atoms with Crippen molar-refractivity contribution in [1.82, 2.24) is 15.0 Å². The molecule has 1 saturated heterocycles. The molecule has 0 bridgehead atoms. The van der Waals surface area contributed by atoms with Crippen LogP contribution >= 0.6 is 0 Å². The van der Waals surface area contributed by atoms with Crippen molar-refractivity contribution in [2.45, 2.75) is 6.92 Å². The Morgan fingerprint density at radius 2 is 1.68 bits per heavy atom. The van der Waals surface area contributed by atoms with Gasteiger partial charge in [0.1, 0.15) is 11.6 Å². The number of aryl methyl sites for hydroxylation is 1. The predicted molar refractivity (Wildman–Crippen MR) is 105 cm³/mol. The fraction of sp³-hybridized carbons (Fsp3) is 0.250. The molecule has 0 spiro atoms. The Morgan fingerprint density at radius 1 is 0.893 bits per heavy atom. The minimum Gasteiger partial charge on any atom is -0.353 e. The normalized spacial score (nSPS) is 14.2. The van der Waals surface area contributed by atoms with Crippen LogP contribution in [0.3, 0.4) is 0 Å². The van der Waals surface area contributed by atoms with Gasteiger partial charge in [0.2, 0.25) is 5.95 Å². The third kappa shape index (κ3) is 4.00. The summed E-state index contributed by atoms with van der Waals surface area (Å²) in [4.78, 5) is 17.8. The van der Waals surface area contributed by atoms with E-state index in [0.717, 1.165) is 49.8 Å². The summed E-state index contributed by atoms with van der Waals surface area (Å²) in [5.74, 6) is 0.344. The van der Waals surface area contributed by atoms with E-state index in [1.165, 1.54) is 6.07 Å². The van der Waals surface area contributed by atoms with Crippen molar-refractivity contribution in [2.75, 3.05) is 41.3 Å². The lowest BCUT2D eigenvalue weighted by Crippen LogP contribution is -2.47. The van der Waals surface area contributed by atoms with E-state index in [-0.39, 0.29) is 0 Å². The number of benzene rings is 1. The summed E-state index contributed by atoms with van der Waals surface area (Å²) in [7, 11) is 0. The second kappa shape index (κ2) is 7.75. The van der Waals surface area contributed by atoms with Crippen LogP contribution in [0.25, 0.3) is 0 Å². The monoisotopic (exact) mass is 382 g/mol. The van der Waals surface area contributed by atoms with Crippen LogP contribution in [0.15, 0.2) is 48.7 Å². The molecule has 28 heavy (non-hydrogen) atoms. The Labute approximate surface area is 161 Å². The van der Waals surface area contributed by atoms with Gasteiger partial charge in [-0.1, -0.05) is 6.07 Å². The SMILES string of the molecule is Cc1cc(Nc2ccc(F)c(F)c2)nc(N2CCN(c3ccccn3)CC2)n1. The highest BCUT2D eigenvalue weighted by atomic mass is 19.2. The van der Waals surface area contributed by atoms with E-state index in [1.54, 1.807) is 12.3 Å². The van der Waals surface area contributed by atoms with E-state index in [9.17, 15) is 8.78 Å². The molecule has 1 aromatic carbocycles. The number of halogens is 2. The maximum absolute atomic E-state index is 13.4. The summed E-state index contributed by atoms with van der Waals surface area (Å²) < 4.78 is 26.6. The Morgan fingerprint density at radius 3 is 2.39 bits per heavy atom. The second-order valence-corrected chi connectivity index (χ2v) is 6.61. The van der Waals surface area contributed by atoms with E-state index in [4.69, 9.17) is 0 Å². The zero-order chi connectivity index (χ0) is 19.5. The molecule has 1 aliphatic rings. The zero-order valence-electron chi connectivity index (χ0n) is 15.4. The van der Waals surface area contributed by atoms with Gasteiger partial charge in [0.15, 0.2) is 11.6 Å². The van der Waals surface area contributed by atoms with Gasteiger partial charge >= 0.3 is 0 Å². The fourth-order valence-electron chi connectivity index (χ4n) is 3.16. The van der Waals surface area contributed by atoms with Crippen LogP contribution < -0.4 is 15.1 Å². The van der Waals surface area contributed by atoms with Crippen molar-refractivity contribution in [3.63, 3.8) is 0 Å². The molecule has 3 heterocycles. The zero-order valence-corrected chi connectivity index (χ0v) is 15.4. The Balaban J connectivity index is 1.47. The summed E-state index contributed by atoms with van der Waals surface area (Å²) in [5.41, 5.74) is 1.23. The third-order valence-corrected chi connectivity index (χ3v) is 4.57. The number of piperazine rings is 1. The van der Waals surface area contributed by atoms with Gasteiger partial charge in [0, 0.05) is 55.9 Å². The van der Waals surface area contributed by atoms with Crippen LogP contribution in [0.5, 0.6) is 0 Å². The molecule has 0 atom stereocenters. The first kappa shape index (κ1) is 18.1. The van der Waals surface area contributed by atoms with Gasteiger partial charge in [-0.2, -0.15) is 4.98 Å². The molecule has 4 rings (SSSR count). The predicted octanol–water partition coefficient (Wildman–Crippen LogP) is 3.53. The highest BCUT2D eigenvalue weighted by molar-refractivity contribution is 5.58. The largest absolute Gasteiger partial charge is 0.353 e. The van der Waals surface area contributed by atoms with E-state index in [0.29, 0.717) is 17.5 Å². The van der Waals surface area contributed by atoms with E-state index in [2.05, 4.69) is 30.1 Å². The molecule has 0 aliphatic carbocycles. The van der Waals surface area contributed by atoms with Crippen molar-refractivity contribution >= 4 is 23.3 Å². The minimum absolute atomic E-state index is 0.433. The van der Waals surface area contributed by atoms with Gasteiger partial charge < -0.3 is 15.1 Å². The van der Waals surface area contributed by atoms with E-state index >= 15 is 0 Å². The van der Waals surface area contributed by atoms with Crippen LogP contribution in [0, 0.1) is 18.6 Å². The van der Waals surface area contributed by atoms with Crippen LogP contribution in [0.1, 0.15) is 5.69 Å². The number of hydrogen-bond acceptors (Lipinski definition) is 6. The minimum atomic E-state index is -0.901. The van der Waals surface area contributed by atoms with Crippen LogP contribution in [0.2, 0.25) is 0 Å². The molecule has 0 unspecified atom stereocenters. The molecule has 0 radical (unpaired) electrons. The lowest BCUT2D eigenvalue weighted by atomic mass is 10.3. The van der Waals surface area contributed by atoms with Gasteiger partial charge in [-0.25, -0.2) is 18.7 Å². The third-order valence-electron chi connectivity index (χ3n) is 4.57. The number of pyridine rings is 1. The number of rotatable bonds is 4. The van der Waals surface area contributed by atoms with Crippen molar-refractivity contribution in [1.29, 1.82) is 0 Å². The topological polar surface area (TPSA) is 57.2 Å². The van der Waals surface area contributed by atoms with E-state index < -0.39 is 11.6 Å². The molecule has 8 heteroatoms. The molecule has 1 fully saturated rings. The molecule has 1 aliphatic heterocycles. The molecule has 1 N–H and O–H groups in total. The summed E-state index contributed by atoms with van der Waals surface area (Å²) in [6.07, 6.45) is 1.79. The summed E-state index contributed by atoms with van der Waals surface area (Å²) in [6.45, 7) is 5.06. The Bertz CT molecular complexity index is 958. The molecular weight excluding hydrogens is 362 g/mol. The van der Waals surface area contributed by atoms with Gasteiger partial charge in [-0.05, 0) is 31.2 Å². The first-order valence-corrected chi connectivity index (χ1v) is 9.07. The standard InChI is InChI=1S/C20H20F2N6/c1-14-12-18(25-15-5-6-16(21)17(22)13-15)26-20(24-14)28-10-8-27(9-11-28)19-4-2-3-7-23-19/h2-7,12-13H,8-11H2,1H3,(H,24,25,26). The van der Waals surface area contributed by atoms with E-state index in [1.807, 2.05) is 25.1 Å². The second-order valence-electron chi connectivity index (χ2n) is 6.61. The summed E-state index contributed by atoms with van der Waals surface area (Å²) >= 11 is 0. The lowest BCUT2D eigenvalue weighted by molar-refractivity contribution is 0.509. The highest BCUT2D eigenvalue weighted by Gasteiger charge is 2.20. The van der Waals surface area contributed by atoms with Crippen molar-refractivity contribution < 1.29 is 8.78 Å². The number of anilines is 4. The molecular formula is C20H20F2N6. The molecule has 2 aromatic heterocycles. The molecule has 144 valence electrons. The first-order valence-electron chi connectivity index (χ1n) is 9.07. The molecule has 3 aromatic rings. The molecule has 6 nitrogen and oxygen atoms in total. The molecule has 0 amide bonds. The molecule has 0 saturated carbocycles. The van der Waals surface area contributed by atoms with Crippen LogP contribution in [-0.4, -0.2) is 41.1 Å². The number of aromatic nitrogens is 3. The van der Waals surface area contributed by atoms with Crippen molar-refractivity contribution in [3.05, 3.63) is 66.0 Å². The van der Waals surface area contributed by atoms with Gasteiger partial charge in [0.25, 0.3) is 0 Å². The highest BCUT2D eigenvalue weighted by Crippen LogP contribution is 2.22. The van der Waals surface area contributed by atoms with Crippen molar-refractivity contribution in [2.24, 2.45) is 0 Å². The smallest absolute Gasteiger partial charge is 0.227 e. The van der Waals surface area contributed by atoms with Crippen LogP contribution in [-0.2, 0) is 0 Å². The van der Waals surface area contributed by atoms with Crippen LogP contribution in [0.4, 0.5) is 32.1 Å². The Kier molecular flexibility index (Phi) is 5.01. The quantitative estimate of drug-likeness (QED) is 0.745.